The minimum Gasteiger partial charge on any atom is -0.478 e. The second kappa shape index (κ2) is 9.63. The molecule has 0 bridgehead atoms. The van der Waals surface area contributed by atoms with Crippen molar-refractivity contribution in [2.24, 2.45) is 0 Å². The van der Waals surface area contributed by atoms with Gasteiger partial charge in [0.1, 0.15) is 0 Å². The van der Waals surface area contributed by atoms with E-state index in [-0.39, 0.29) is 28.7 Å². The van der Waals surface area contributed by atoms with Crippen LogP contribution in [0.5, 0.6) is 0 Å². The molecule has 1 heterocycles. The summed E-state index contributed by atoms with van der Waals surface area (Å²) in [6.07, 6.45) is -4.20. The molecular formula is C23H20ClF3N2O4S. The highest BCUT2D eigenvalue weighted by Crippen LogP contribution is 2.36. The summed E-state index contributed by atoms with van der Waals surface area (Å²) in [5.74, 6) is -1.38. The van der Waals surface area contributed by atoms with E-state index in [1.54, 1.807) is 12.1 Å². The highest BCUT2D eigenvalue weighted by molar-refractivity contribution is 7.92. The molecule has 0 amide bonds. The molecule has 3 aromatic rings. The summed E-state index contributed by atoms with van der Waals surface area (Å²) in [5, 5.41) is 8.57. The number of aromatic carboxylic acids is 1. The van der Waals surface area contributed by atoms with Gasteiger partial charge in [-0.2, -0.15) is 13.2 Å². The molecule has 1 aromatic heterocycles. The summed E-state index contributed by atoms with van der Waals surface area (Å²) in [6.45, 7) is 3.73. The third-order valence-electron chi connectivity index (χ3n) is 5.05. The number of carboxylic acid groups (broad SMARTS) is 1. The molecule has 0 unspecified atom stereocenters. The molecule has 0 aliphatic heterocycles. The van der Waals surface area contributed by atoms with Gasteiger partial charge in [-0.1, -0.05) is 49.7 Å². The van der Waals surface area contributed by atoms with Crippen LogP contribution in [0.2, 0.25) is 5.02 Å². The third kappa shape index (κ3) is 5.51. The zero-order valence-electron chi connectivity index (χ0n) is 18.0. The summed E-state index contributed by atoms with van der Waals surface area (Å²) in [6, 6.07) is 12.1. The predicted octanol–water partition coefficient (Wildman–Crippen LogP) is 5.97. The first-order valence-electron chi connectivity index (χ1n) is 9.98. The molecule has 0 fully saturated rings. The molecule has 0 saturated carbocycles. The van der Waals surface area contributed by atoms with E-state index in [9.17, 15) is 26.4 Å². The number of hydrogen-bond acceptors (Lipinski definition) is 4. The Hall–Kier alpha value is -3.11. The van der Waals surface area contributed by atoms with E-state index >= 15 is 0 Å². The smallest absolute Gasteiger partial charge is 0.417 e. The van der Waals surface area contributed by atoms with Gasteiger partial charge in [0.05, 0.1) is 27.6 Å². The van der Waals surface area contributed by atoms with Crippen molar-refractivity contribution in [2.45, 2.75) is 37.4 Å². The standard InChI is InChI=1S/C23H20ClF3N2O4S/c1-14(2)16-5-3-15(4-6-16)13-29(21-20(24)11-18(12-28-21)23(25,26)27)34(32,33)19-9-7-17(8-10-19)22(30)31/h3-12,14H,13H2,1-2H3,(H,30,31). The van der Waals surface area contributed by atoms with E-state index in [0.717, 1.165) is 34.1 Å². The summed E-state index contributed by atoms with van der Waals surface area (Å²) in [4.78, 5) is 14.6. The van der Waals surface area contributed by atoms with Crippen LogP contribution in [0.1, 0.15) is 46.8 Å². The normalized spacial score (nSPS) is 12.1. The molecule has 6 nitrogen and oxygen atoms in total. The fraction of sp³-hybridized carbons (Fsp3) is 0.217. The van der Waals surface area contributed by atoms with Crippen LogP contribution in [0.25, 0.3) is 0 Å². The Morgan fingerprint density at radius 2 is 1.68 bits per heavy atom. The van der Waals surface area contributed by atoms with Crippen LogP contribution in [0.3, 0.4) is 0 Å². The number of hydrogen-bond donors (Lipinski definition) is 1. The third-order valence-corrected chi connectivity index (χ3v) is 7.08. The van der Waals surface area contributed by atoms with Gasteiger partial charge in [-0.05, 0) is 47.4 Å². The van der Waals surface area contributed by atoms with Gasteiger partial charge in [-0.15, -0.1) is 0 Å². The molecule has 0 radical (unpaired) electrons. The van der Waals surface area contributed by atoms with E-state index in [4.69, 9.17) is 16.7 Å². The Morgan fingerprint density at radius 1 is 1.09 bits per heavy atom. The quantitative estimate of drug-likeness (QED) is 0.421. The monoisotopic (exact) mass is 512 g/mol. The maximum Gasteiger partial charge on any atom is 0.417 e. The van der Waals surface area contributed by atoms with Crippen molar-refractivity contribution in [3.8, 4) is 0 Å². The van der Waals surface area contributed by atoms with Gasteiger partial charge in [-0.25, -0.2) is 22.5 Å². The van der Waals surface area contributed by atoms with E-state index < -0.39 is 32.8 Å². The van der Waals surface area contributed by atoms with Crippen LogP contribution in [0.4, 0.5) is 19.0 Å². The van der Waals surface area contributed by atoms with Crippen molar-refractivity contribution in [2.75, 3.05) is 4.31 Å². The number of carbonyl (C=O) groups is 1. The maximum absolute atomic E-state index is 13.5. The SMILES string of the molecule is CC(C)c1ccc(CN(c2ncc(C(F)(F)F)cc2Cl)S(=O)(=O)c2ccc(C(=O)O)cc2)cc1. The number of benzene rings is 2. The van der Waals surface area contributed by atoms with Gasteiger partial charge in [0.15, 0.2) is 5.82 Å². The lowest BCUT2D eigenvalue weighted by Crippen LogP contribution is -2.32. The second-order valence-electron chi connectivity index (χ2n) is 7.76. The summed E-state index contributed by atoms with van der Waals surface area (Å²) < 4.78 is 67.0. The van der Waals surface area contributed by atoms with Crippen LogP contribution >= 0.6 is 11.6 Å². The Morgan fingerprint density at radius 3 is 2.15 bits per heavy atom. The fourth-order valence-electron chi connectivity index (χ4n) is 3.11. The summed E-state index contributed by atoms with van der Waals surface area (Å²) in [5.41, 5.74) is 0.326. The van der Waals surface area contributed by atoms with Crippen molar-refractivity contribution in [3.05, 3.63) is 88.1 Å². The Bertz CT molecular complexity index is 1290. The van der Waals surface area contributed by atoms with E-state index in [0.29, 0.717) is 17.8 Å². The van der Waals surface area contributed by atoms with Gasteiger partial charge in [0.25, 0.3) is 10.0 Å². The van der Waals surface area contributed by atoms with Gasteiger partial charge >= 0.3 is 12.1 Å². The number of aromatic nitrogens is 1. The van der Waals surface area contributed by atoms with E-state index in [2.05, 4.69) is 4.98 Å². The lowest BCUT2D eigenvalue weighted by Gasteiger charge is -2.25. The zero-order valence-corrected chi connectivity index (χ0v) is 19.6. The topological polar surface area (TPSA) is 87.6 Å². The maximum atomic E-state index is 13.5. The van der Waals surface area contributed by atoms with Crippen LogP contribution in [-0.2, 0) is 22.7 Å². The van der Waals surface area contributed by atoms with Gasteiger partial charge in [0, 0.05) is 6.20 Å². The lowest BCUT2D eigenvalue weighted by atomic mass is 10.0. The Kier molecular flexibility index (Phi) is 7.23. The number of alkyl halides is 3. The number of sulfonamides is 1. The molecule has 2 aromatic carbocycles. The number of carboxylic acids is 1. The van der Waals surface area contributed by atoms with Crippen LogP contribution in [-0.4, -0.2) is 24.5 Å². The molecule has 0 aliphatic rings. The number of nitrogens with zero attached hydrogens (tertiary/aromatic N) is 2. The molecule has 3 rings (SSSR count). The van der Waals surface area contributed by atoms with Gasteiger partial charge in [0.2, 0.25) is 0 Å². The number of rotatable bonds is 7. The Balaban J connectivity index is 2.10. The molecule has 1 N–H and O–H groups in total. The lowest BCUT2D eigenvalue weighted by molar-refractivity contribution is -0.137. The number of anilines is 1. The second-order valence-corrected chi connectivity index (χ2v) is 10.0. The van der Waals surface area contributed by atoms with Crippen molar-refractivity contribution >= 4 is 33.4 Å². The average Bonchev–Trinajstić information content (AvgIpc) is 2.77. The van der Waals surface area contributed by atoms with Gasteiger partial charge in [-0.3, -0.25) is 0 Å². The Labute approximate surface area is 199 Å². The first kappa shape index (κ1) is 25.5. The minimum atomic E-state index is -4.71. The van der Waals surface area contributed by atoms with Crippen molar-refractivity contribution in [3.63, 3.8) is 0 Å². The summed E-state index contributed by atoms with van der Waals surface area (Å²) in [7, 11) is -4.38. The zero-order chi connectivity index (χ0) is 25.3. The molecule has 0 saturated heterocycles. The molecule has 0 spiro atoms. The highest BCUT2D eigenvalue weighted by atomic mass is 35.5. The van der Waals surface area contributed by atoms with Crippen molar-refractivity contribution in [1.29, 1.82) is 0 Å². The molecular weight excluding hydrogens is 493 g/mol. The summed E-state index contributed by atoms with van der Waals surface area (Å²) >= 11 is 6.08. The highest BCUT2D eigenvalue weighted by Gasteiger charge is 2.34. The average molecular weight is 513 g/mol. The van der Waals surface area contributed by atoms with Crippen LogP contribution in [0, 0.1) is 0 Å². The molecule has 34 heavy (non-hydrogen) atoms. The molecule has 0 atom stereocenters. The first-order valence-corrected chi connectivity index (χ1v) is 11.8. The van der Waals surface area contributed by atoms with E-state index in [1.165, 1.54) is 0 Å². The molecule has 180 valence electrons. The van der Waals surface area contributed by atoms with Crippen LogP contribution < -0.4 is 4.31 Å². The fourth-order valence-corrected chi connectivity index (χ4v) is 4.86. The largest absolute Gasteiger partial charge is 0.478 e. The predicted molar refractivity (Wildman–Crippen MR) is 122 cm³/mol. The van der Waals surface area contributed by atoms with Crippen LogP contribution in [0.15, 0.2) is 65.7 Å². The number of halogens is 4. The molecule has 11 heteroatoms. The molecule has 0 aliphatic carbocycles. The van der Waals surface area contributed by atoms with E-state index in [1.807, 2.05) is 26.0 Å². The first-order chi connectivity index (χ1) is 15.8. The van der Waals surface area contributed by atoms with Crippen molar-refractivity contribution < 1.29 is 31.5 Å². The number of pyridine rings is 1. The van der Waals surface area contributed by atoms with Crippen molar-refractivity contribution in [1.82, 2.24) is 4.98 Å². The van der Waals surface area contributed by atoms with Gasteiger partial charge < -0.3 is 5.11 Å². The minimum absolute atomic E-state index is 0.125.